The summed E-state index contributed by atoms with van der Waals surface area (Å²) in [6.45, 7) is 14.7. The second-order valence-corrected chi connectivity index (χ2v) is 20.2. The van der Waals surface area contributed by atoms with Gasteiger partial charge in [-0.05, 0) is 44.3 Å². The number of benzene rings is 3. The van der Waals surface area contributed by atoms with E-state index in [1.165, 1.54) is 0 Å². The summed E-state index contributed by atoms with van der Waals surface area (Å²) in [6.07, 6.45) is 0.890. The molecule has 0 aromatic heterocycles. The van der Waals surface area contributed by atoms with Gasteiger partial charge in [-0.2, -0.15) is 0 Å². The van der Waals surface area contributed by atoms with Crippen molar-refractivity contribution >= 4 is 30.9 Å². The van der Waals surface area contributed by atoms with Crippen molar-refractivity contribution in [2.75, 3.05) is 0 Å². The standard InChI is InChI=1S/C36H39BF10P/c1-33(2,3)48(34(4,5)6)17-12-10-16(11-13-17)19-20(18-14-15-36(19,9)35(18,7)8)37(21-23(38)27(42)31(46)28(43)24(21)39)22-25(40)29(44)32(47)30(45)26(22)41/h10-13,18-20,37H,14-15H2,1-9H3/q-1/t18-,19+,20-,36+/m1/s1. The van der Waals surface area contributed by atoms with E-state index < -0.39 is 112 Å². The molecule has 0 aliphatic heterocycles. The van der Waals surface area contributed by atoms with Crippen LogP contribution in [0.5, 0.6) is 0 Å². The lowest BCUT2D eigenvalue weighted by Gasteiger charge is -2.47. The predicted molar refractivity (Wildman–Crippen MR) is 172 cm³/mol. The minimum absolute atomic E-state index is 0.106. The molecule has 0 unspecified atom stereocenters. The Labute approximate surface area is 276 Å². The van der Waals surface area contributed by atoms with Crippen molar-refractivity contribution < 1.29 is 43.9 Å². The summed E-state index contributed by atoms with van der Waals surface area (Å²) in [5, 5.41) is 0.830. The highest BCUT2D eigenvalue weighted by atomic mass is 31.1. The lowest BCUT2D eigenvalue weighted by Crippen LogP contribution is -2.56. The van der Waals surface area contributed by atoms with Gasteiger partial charge in [-0.15, -0.1) is 16.7 Å². The van der Waals surface area contributed by atoms with Crippen LogP contribution in [0.3, 0.4) is 0 Å². The van der Waals surface area contributed by atoms with Crippen molar-refractivity contribution in [3.63, 3.8) is 0 Å². The first kappa shape index (κ1) is 36.7. The molecule has 0 amide bonds. The van der Waals surface area contributed by atoms with Gasteiger partial charge in [0, 0.05) is 0 Å². The Morgan fingerprint density at radius 2 is 0.938 bits per heavy atom. The lowest BCUT2D eigenvalue weighted by atomic mass is 9.28. The van der Waals surface area contributed by atoms with Crippen LogP contribution >= 0.6 is 7.92 Å². The van der Waals surface area contributed by atoms with Gasteiger partial charge in [0.15, 0.2) is 34.9 Å². The van der Waals surface area contributed by atoms with Crippen LogP contribution in [0.1, 0.15) is 86.6 Å². The molecule has 2 bridgehead atoms. The van der Waals surface area contributed by atoms with Crippen molar-refractivity contribution in [3.8, 4) is 0 Å². The zero-order valence-electron chi connectivity index (χ0n) is 28.4. The maximum absolute atomic E-state index is 15.8. The first-order valence-corrected chi connectivity index (χ1v) is 17.4. The maximum Gasteiger partial charge on any atom is 0.200 e. The van der Waals surface area contributed by atoms with Gasteiger partial charge >= 0.3 is 0 Å². The Kier molecular flexibility index (Phi) is 9.01. The fraction of sp³-hybridized carbons (Fsp3) is 0.500. The SMILES string of the molecule is CC(C)(C)P(c1ccc([C@H]2[C@H]([BH-](c3c(F)c(F)c(F)c(F)c3F)c3c(F)c(F)c(F)c(F)c3F)[C@H]3CC[C@]2(C)C3(C)C)cc1)C(C)(C)C. The molecule has 2 fully saturated rings. The van der Waals surface area contributed by atoms with Gasteiger partial charge in [-0.25, -0.2) is 43.9 Å². The van der Waals surface area contributed by atoms with Crippen LogP contribution in [0, 0.1) is 74.9 Å². The molecule has 5 rings (SSSR count). The van der Waals surface area contributed by atoms with Crippen molar-refractivity contribution in [1.29, 1.82) is 0 Å². The Bertz CT molecular complexity index is 1630. The quantitative estimate of drug-likeness (QED) is 0.0817. The Morgan fingerprint density at radius 3 is 1.29 bits per heavy atom. The molecule has 4 atom stereocenters. The summed E-state index contributed by atoms with van der Waals surface area (Å²) in [5.41, 5.74) is -3.98. The van der Waals surface area contributed by atoms with Crippen molar-refractivity contribution in [3.05, 3.63) is 88.0 Å². The van der Waals surface area contributed by atoms with Crippen LogP contribution in [0.25, 0.3) is 0 Å². The van der Waals surface area contributed by atoms with Gasteiger partial charge in [0.1, 0.15) is 23.3 Å². The molecule has 262 valence electrons. The molecule has 2 aliphatic rings. The lowest BCUT2D eigenvalue weighted by molar-refractivity contribution is 0.134. The average Bonchev–Trinajstić information content (AvgIpc) is 3.31. The molecular formula is C36H39BF10P-. The van der Waals surface area contributed by atoms with Crippen LogP contribution in [0.2, 0.25) is 5.82 Å². The van der Waals surface area contributed by atoms with Crippen LogP contribution in [0.4, 0.5) is 43.9 Å². The molecule has 12 heteroatoms. The van der Waals surface area contributed by atoms with Gasteiger partial charge in [-0.1, -0.05) is 107 Å². The molecule has 3 aromatic rings. The summed E-state index contributed by atoms with van der Waals surface area (Å²) in [5.74, 6) is -26.5. The first-order valence-electron chi connectivity index (χ1n) is 16.0. The summed E-state index contributed by atoms with van der Waals surface area (Å²) < 4.78 is 151. The third-order valence-corrected chi connectivity index (χ3v) is 15.2. The Hall–Kier alpha value is -2.55. The average molecular weight is 703 g/mol. The summed E-state index contributed by atoms with van der Waals surface area (Å²) in [7, 11) is -0.765. The number of halogens is 10. The fourth-order valence-electron chi connectivity index (χ4n) is 9.94. The zero-order valence-corrected chi connectivity index (χ0v) is 29.3. The second-order valence-electron chi connectivity index (χ2n) is 16.4. The Morgan fingerprint density at radius 1 is 0.583 bits per heavy atom. The maximum atomic E-state index is 15.8. The largest absolute Gasteiger partial charge is 0.207 e. The van der Waals surface area contributed by atoms with E-state index >= 15 is 17.6 Å². The monoisotopic (exact) mass is 703 g/mol. The van der Waals surface area contributed by atoms with E-state index in [2.05, 4.69) is 41.5 Å². The van der Waals surface area contributed by atoms with Crippen LogP contribution in [0.15, 0.2) is 24.3 Å². The highest BCUT2D eigenvalue weighted by Crippen LogP contribution is 2.76. The molecule has 0 heterocycles. The van der Waals surface area contributed by atoms with Crippen molar-refractivity contribution in [2.24, 2.45) is 16.7 Å². The fourth-order valence-corrected chi connectivity index (χ4v) is 13.9. The topological polar surface area (TPSA) is 0 Å². The molecular weight excluding hydrogens is 664 g/mol. The van der Waals surface area contributed by atoms with Crippen LogP contribution < -0.4 is 16.2 Å². The molecule has 0 saturated heterocycles. The molecule has 48 heavy (non-hydrogen) atoms. The van der Waals surface area contributed by atoms with Gasteiger partial charge < -0.3 is 0 Å². The summed E-state index contributed by atoms with van der Waals surface area (Å²) in [6, 6.07) is 7.49. The number of rotatable bonds is 5. The third-order valence-electron chi connectivity index (χ3n) is 11.7. The first-order chi connectivity index (χ1) is 21.9. The van der Waals surface area contributed by atoms with E-state index in [0.29, 0.717) is 18.4 Å². The van der Waals surface area contributed by atoms with E-state index in [1.54, 1.807) is 0 Å². The second kappa shape index (κ2) is 11.8. The van der Waals surface area contributed by atoms with E-state index in [1.807, 2.05) is 45.0 Å². The summed E-state index contributed by atoms with van der Waals surface area (Å²) >= 11 is 0. The minimum atomic E-state index is -3.73. The molecule has 3 aromatic carbocycles. The van der Waals surface area contributed by atoms with Crippen molar-refractivity contribution in [1.82, 2.24) is 0 Å². The molecule has 2 aliphatic carbocycles. The van der Waals surface area contributed by atoms with Crippen molar-refractivity contribution in [2.45, 2.75) is 97.2 Å². The van der Waals surface area contributed by atoms with Crippen LogP contribution in [-0.2, 0) is 0 Å². The zero-order chi connectivity index (χ0) is 36.2. The van der Waals surface area contributed by atoms with Gasteiger partial charge in [0.2, 0.25) is 0 Å². The Balaban J connectivity index is 1.85. The van der Waals surface area contributed by atoms with Gasteiger partial charge in [0.05, 0.1) is 6.71 Å². The van der Waals surface area contributed by atoms with E-state index in [0.717, 1.165) is 5.30 Å². The van der Waals surface area contributed by atoms with E-state index in [9.17, 15) is 26.3 Å². The van der Waals surface area contributed by atoms with Gasteiger partial charge in [0.25, 0.3) is 0 Å². The van der Waals surface area contributed by atoms with Gasteiger partial charge in [-0.3, -0.25) is 0 Å². The third kappa shape index (κ3) is 5.22. The van der Waals surface area contributed by atoms with E-state index in [4.69, 9.17) is 0 Å². The number of fused-ring (bicyclic) bond motifs is 2. The molecule has 2 saturated carbocycles. The predicted octanol–water partition coefficient (Wildman–Crippen LogP) is 9.73. The molecule has 0 nitrogen and oxygen atoms in total. The highest BCUT2D eigenvalue weighted by molar-refractivity contribution is 7.68. The summed E-state index contributed by atoms with van der Waals surface area (Å²) in [4.78, 5) is 0. The van der Waals surface area contributed by atoms with Crippen LogP contribution in [-0.4, -0.2) is 17.0 Å². The number of hydrogen-bond donors (Lipinski definition) is 0. The molecule has 0 radical (unpaired) electrons. The number of hydrogen-bond acceptors (Lipinski definition) is 0. The van der Waals surface area contributed by atoms with E-state index in [-0.39, 0.29) is 10.3 Å². The normalized spacial score (nSPS) is 24.0. The minimum Gasteiger partial charge on any atom is -0.207 e. The smallest absolute Gasteiger partial charge is 0.200 e. The molecule has 0 spiro atoms. The molecule has 0 N–H and O–H groups in total. The highest BCUT2D eigenvalue weighted by Gasteiger charge is 2.65.